The molecule has 0 spiro atoms. The van der Waals surface area contributed by atoms with Gasteiger partial charge in [0.15, 0.2) is 5.43 Å². The second-order valence-electron chi connectivity index (χ2n) is 3.88. The maximum absolute atomic E-state index is 12.2. The van der Waals surface area contributed by atoms with Gasteiger partial charge in [-0.25, -0.2) is 5.10 Å². The molecule has 3 N–H and O–H groups in total. The number of nitrogens with one attached hydrogen (secondary N) is 1. The Balaban J connectivity index is 1.89. The Morgan fingerprint density at radius 2 is 2.21 bits per heavy atom. The molecule has 7 heteroatoms. The van der Waals surface area contributed by atoms with Gasteiger partial charge in [0.25, 0.3) is 0 Å². The quantitative estimate of drug-likeness (QED) is 0.706. The SMILES string of the molecule is Nc1nc(SCc2coc3ccccc3c2=O)n[nH]1. The Hall–Kier alpha value is -2.28. The standard InChI is InChI=1S/C12H10N4O2S/c13-11-14-12(16-15-11)19-6-7-5-18-9-4-2-1-3-8(9)10(7)17/h1-5H,6H2,(H3,13,14,15,16). The number of para-hydroxylation sites is 1. The summed E-state index contributed by atoms with van der Waals surface area (Å²) < 4.78 is 5.43. The van der Waals surface area contributed by atoms with E-state index in [1.165, 1.54) is 18.0 Å². The molecule has 96 valence electrons. The van der Waals surface area contributed by atoms with Crippen molar-refractivity contribution < 1.29 is 4.42 Å². The van der Waals surface area contributed by atoms with Crippen LogP contribution in [0.15, 0.2) is 44.9 Å². The predicted molar refractivity (Wildman–Crippen MR) is 72.8 cm³/mol. The number of anilines is 1. The molecule has 0 saturated heterocycles. The zero-order valence-corrected chi connectivity index (χ0v) is 10.6. The monoisotopic (exact) mass is 274 g/mol. The minimum atomic E-state index is -0.0298. The summed E-state index contributed by atoms with van der Waals surface area (Å²) in [6.07, 6.45) is 1.48. The van der Waals surface area contributed by atoms with Gasteiger partial charge in [0.2, 0.25) is 11.1 Å². The molecule has 19 heavy (non-hydrogen) atoms. The molecular weight excluding hydrogens is 264 g/mol. The molecule has 0 radical (unpaired) electrons. The number of nitrogens with zero attached hydrogens (tertiary/aromatic N) is 2. The minimum absolute atomic E-state index is 0.0298. The van der Waals surface area contributed by atoms with Crippen molar-refractivity contribution in [1.29, 1.82) is 0 Å². The summed E-state index contributed by atoms with van der Waals surface area (Å²) in [5, 5.41) is 7.52. The summed E-state index contributed by atoms with van der Waals surface area (Å²) >= 11 is 1.32. The van der Waals surface area contributed by atoms with Crippen LogP contribution in [0.5, 0.6) is 0 Å². The van der Waals surface area contributed by atoms with Crippen LogP contribution in [0.2, 0.25) is 0 Å². The number of hydrogen-bond donors (Lipinski definition) is 2. The minimum Gasteiger partial charge on any atom is -0.464 e. The van der Waals surface area contributed by atoms with Crippen molar-refractivity contribution in [3.05, 3.63) is 46.3 Å². The first-order valence-corrected chi connectivity index (χ1v) is 6.53. The van der Waals surface area contributed by atoms with Crippen molar-refractivity contribution >= 4 is 28.7 Å². The third kappa shape index (κ3) is 2.32. The molecule has 0 amide bonds. The van der Waals surface area contributed by atoms with Gasteiger partial charge in [-0.3, -0.25) is 4.79 Å². The molecule has 2 heterocycles. The topological polar surface area (TPSA) is 97.8 Å². The normalized spacial score (nSPS) is 10.9. The molecule has 0 aliphatic heterocycles. The number of fused-ring (bicyclic) bond motifs is 1. The van der Waals surface area contributed by atoms with Crippen LogP contribution in [-0.4, -0.2) is 15.2 Å². The van der Waals surface area contributed by atoms with Crippen LogP contribution in [0.3, 0.4) is 0 Å². The number of nitrogen functional groups attached to an aromatic ring is 1. The van der Waals surface area contributed by atoms with Crippen molar-refractivity contribution in [2.24, 2.45) is 0 Å². The molecule has 2 aromatic heterocycles. The van der Waals surface area contributed by atoms with E-state index in [4.69, 9.17) is 10.2 Å². The van der Waals surface area contributed by atoms with Gasteiger partial charge in [0.1, 0.15) is 5.58 Å². The van der Waals surface area contributed by atoms with Crippen LogP contribution >= 0.6 is 11.8 Å². The largest absolute Gasteiger partial charge is 0.464 e. The Morgan fingerprint density at radius 3 is 3.00 bits per heavy atom. The summed E-state index contributed by atoms with van der Waals surface area (Å²) in [5.41, 5.74) is 6.56. The molecule has 3 rings (SSSR count). The number of aromatic nitrogens is 3. The molecule has 0 unspecified atom stereocenters. The molecule has 1 aromatic carbocycles. The van der Waals surface area contributed by atoms with Crippen LogP contribution in [0.1, 0.15) is 5.56 Å². The molecule has 0 aliphatic carbocycles. The lowest BCUT2D eigenvalue weighted by Gasteiger charge is -2.00. The zero-order valence-electron chi connectivity index (χ0n) is 9.79. The Labute approximate surface area is 112 Å². The van der Waals surface area contributed by atoms with Crippen molar-refractivity contribution in [3.8, 4) is 0 Å². The first-order chi connectivity index (χ1) is 9.24. The third-order valence-electron chi connectivity index (χ3n) is 2.59. The lowest BCUT2D eigenvalue weighted by Crippen LogP contribution is -2.07. The van der Waals surface area contributed by atoms with Gasteiger partial charge in [-0.15, -0.1) is 5.10 Å². The number of rotatable bonds is 3. The number of nitrogens with two attached hydrogens (primary N) is 1. The van der Waals surface area contributed by atoms with E-state index in [0.717, 1.165) is 0 Å². The fourth-order valence-electron chi connectivity index (χ4n) is 1.68. The van der Waals surface area contributed by atoms with E-state index in [2.05, 4.69) is 15.2 Å². The van der Waals surface area contributed by atoms with Gasteiger partial charge < -0.3 is 10.2 Å². The molecule has 3 aromatic rings. The predicted octanol–water partition coefficient (Wildman–Crippen LogP) is 1.79. The first kappa shape index (κ1) is 11.8. The molecule has 6 nitrogen and oxygen atoms in total. The van der Waals surface area contributed by atoms with E-state index < -0.39 is 0 Å². The Bertz CT molecular complexity index is 780. The maximum atomic E-state index is 12.2. The zero-order chi connectivity index (χ0) is 13.2. The molecule has 0 fully saturated rings. The van der Waals surface area contributed by atoms with E-state index in [0.29, 0.717) is 27.4 Å². The van der Waals surface area contributed by atoms with Gasteiger partial charge in [-0.05, 0) is 12.1 Å². The molecule has 0 bridgehead atoms. The van der Waals surface area contributed by atoms with E-state index in [9.17, 15) is 4.79 Å². The van der Waals surface area contributed by atoms with E-state index in [-0.39, 0.29) is 11.4 Å². The highest BCUT2D eigenvalue weighted by atomic mass is 32.2. The van der Waals surface area contributed by atoms with E-state index in [1.807, 2.05) is 12.1 Å². The molecule has 0 saturated carbocycles. The summed E-state index contributed by atoms with van der Waals surface area (Å²) in [4.78, 5) is 16.2. The fraction of sp³-hybridized carbons (Fsp3) is 0.0833. The second-order valence-corrected chi connectivity index (χ2v) is 4.82. The smallest absolute Gasteiger partial charge is 0.216 e. The van der Waals surface area contributed by atoms with Gasteiger partial charge in [0.05, 0.1) is 11.6 Å². The highest BCUT2D eigenvalue weighted by molar-refractivity contribution is 7.98. The average Bonchev–Trinajstić information content (AvgIpc) is 2.84. The van der Waals surface area contributed by atoms with Crippen LogP contribution in [0.4, 0.5) is 5.95 Å². The van der Waals surface area contributed by atoms with Gasteiger partial charge in [-0.1, -0.05) is 23.9 Å². The highest BCUT2D eigenvalue weighted by Gasteiger charge is 2.08. The lowest BCUT2D eigenvalue weighted by molar-refractivity contribution is 0.596. The summed E-state index contributed by atoms with van der Waals surface area (Å²) in [5.74, 6) is 0.692. The number of H-pyrrole nitrogens is 1. The van der Waals surface area contributed by atoms with E-state index >= 15 is 0 Å². The van der Waals surface area contributed by atoms with Crippen molar-refractivity contribution in [2.45, 2.75) is 10.9 Å². The van der Waals surface area contributed by atoms with Crippen LogP contribution in [0, 0.1) is 0 Å². The fourth-order valence-corrected chi connectivity index (χ4v) is 2.44. The van der Waals surface area contributed by atoms with Crippen LogP contribution in [-0.2, 0) is 5.75 Å². The summed E-state index contributed by atoms with van der Waals surface area (Å²) in [7, 11) is 0. The molecule has 0 aliphatic rings. The Morgan fingerprint density at radius 1 is 1.37 bits per heavy atom. The first-order valence-electron chi connectivity index (χ1n) is 5.54. The number of aromatic amines is 1. The number of hydrogen-bond acceptors (Lipinski definition) is 6. The van der Waals surface area contributed by atoms with Crippen molar-refractivity contribution in [2.75, 3.05) is 5.73 Å². The number of benzene rings is 1. The van der Waals surface area contributed by atoms with Gasteiger partial charge in [-0.2, -0.15) is 4.98 Å². The van der Waals surface area contributed by atoms with Crippen molar-refractivity contribution in [3.63, 3.8) is 0 Å². The van der Waals surface area contributed by atoms with Gasteiger partial charge in [0, 0.05) is 11.3 Å². The highest BCUT2D eigenvalue weighted by Crippen LogP contribution is 2.19. The third-order valence-corrected chi connectivity index (χ3v) is 3.49. The summed E-state index contributed by atoms with van der Waals surface area (Å²) in [6.45, 7) is 0. The average molecular weight is 274 g/mol. The Kier molecular flexibility index (Phi) is 2.96. The second kappa shape index (κ2) is 4.77. The van der Waals surface area contributed by atoms with Gasteiger partial charge >= 0.3 is 0 Å². The molecular formula is C12H10N4O2S. The van der Waals surface area contributed by atoms with Crippen LogP contribution < -0.4 is 11.2 Å². The van der Waals surface area contributed by atoms with E-state index in [1.54, 1.807) is 12.1 Å². The number of thioether (sulfide) groups is 1. The van der Waals surface area contributed by atoms with Crippen LogP contribution in [0.25, 0.3) is 11.0 Å². The van der Waals surface area contributed by atoms with Crippen molar-refractivity contribution in [1.82, 2.24) is 15.2 Å². The lowest BCUT2D eigenvalue weighted by atomic mass is 10.2. The summed E-state index contributed by atoms with van der Waals surface area (Å²) in [6, 6.07) is 7.16. The maximum Gasteiger partial charge on any atom is 0.216 e. The molecule has 0 atom stereocenters.